The molecule has 0 aliphatic carbocycles. The number of fused-ring (bicyclic) bond motifs is 16. The average molecular weight is 539 g/mol. The highest BCUT2D eigenvalue weighted by atomic mass is 32.1. The summed E-state index contributed by atoms with van der Waals surface area (Å²) in [7, 11) is 4.34. The molecule has 36 heavy (non-hydrogen) atoms. The summed E-state index contributed by atoms with van der Waals surface area (Å²) in [5.41, 5.74) is 5.02. The van der Waals surface area contributed by atoms with E-state index in [1.807, 2.05) is 45.3 Å². The largest absolute Gasteiger partial charge is 0.342 e. The first-order valence-electron chi connectivity index (χ1n) is 11.7. The number of hydrogen-bond acceptors (Lipinski definition) is 4. The Morgan fingerprint density at radius 1 is 0.361 bits per heavy atom. The van der Waals surface area contributed by atoms with Crippen LogP contribution in [0.2, 0.25) is 0 Å². The Morgan fingerprint density at radius 2 is 0.611 bits per heavy atom. The predicted molar refractivity (Wildman–Crippen MR) is 162 cm³/mol. The van der Waals surface area contributed by atoms with Gasteiger partial charge in [0.15, 0.2) is 0 Å². The lowest BCUT2D eigenvalue weighted by molar-refractivity contribution is 0.951. The second-order valence-electron chi connectivity index (χ2n) is 8.80. The third-order valence-electron chi connectivity index (χ3n) is 6.58. The van der Waals surface area contributed by atoms with Gasteiger partial charge in [0.2, 0.25) is 0 Å². The quantitative estimate of drug-likeness (QED) is 0.182. The number of aromatic nitrogens is 2. The number of thiophene rings is 4. The molecule has 0 fully saturated rings. The Bertz CT molecular complexity index is 1520. The van der Waals surface area contributed by atoms with E-state index < -0.39 is 0 Å². The van der Waals surface area contributed by atoms with Crippen molar-refractivity contribution in [2.24, 2.45) is 14.1 Å². The molecule has 6 aromatic rings. The Labute approximate surface area is 226 Å². The highest BCUT2D eigenvalue weighted by molar-refractivity contribution is 7.18. The Hall–Kier alpha value is -3.16. The van der Waals surface area contributed by atoms with E-state index in [0.29, 0.717) is 0 Å². The van der Waals surface area contributed by atoms with E-state index in [1.54, 1.807) is 0 Å². The van der Waals surface area contributed by atoms with Crippen LogP contribution in [0.4, 0.5) is 0 Å². The van der Waals surface area contributed by atoms with E-state index in [1.165, 1.54) is 61.8 Å². The predicted octanol–water partition coefficient (Wildman–Crippen LogP) is 9.93. The van der Waals surface area contributed by atoms with Crippen molar-refractivity contribution < 1.29 is 0 Å². The zero-order valence-electron chi connectivity index (χ0n) is 19.8. The van der Waals surface area contributed by atoms with Gasteiger partial charge in [-0.3, -0.25) is 0 Å². The minimum absolute atomic E-state index is 1.26. The van der Waals surface area contributed by atoms with Gasteiger partial charge >= 0.3 is 0 Å². The zero-order chi connectivity index (χ0) is 24.2. The van der Waals surface area contributed by atoms with Crippen LogP contribution in [0.5, 0.6) is 0 Å². The number of rotatable bonds is 0. The molecule has 0 N–H and O–H groups in total. The summed E-state index contributed by atoms with van der Waals surface area (Å²) in [6.45, 7) is 0. The maximum atomic E-state index is 2.31. The van der Waals surface area contributed by atoms with Crippen LogP contribution in [-0.4, -0.2) is 9.13 Å². The van der Waals surface area contributed by atoms with Crippen molar-refractivity contribution in [1.29, 1.82) is 0 Å². The van der Waals surface area contributed by atoms with Crippen LogP contribution < -0.4 is 0 Å². The van der Waals surface area contributed by atoms with Gasteiger partial charge in [0, 0.05) is 33.6 Å². The summed E-state index contributed by atoms with van der Waals surface area (Å²) in [4.78, 5) is 10.2. The van der Waals surface area contributed by atoms with Crippen LogP contribution in [-0.2, 0) is 14.1 Å². The first kappa shape index (κ1) is 22.1. The van der Waals surface area contributed by atoms with Crippen LogP contribution in [0.3, 0.4) is 0 Å². The minimum Gasteiger partial charge on any atom is -0.342 e. The molecule has 0 aromatic carbocycles. The van der Waals surface area contributed by atoms with Crippen LogP contribution >= 0.6 is 45.3 Å². The van der Waals surface area contributed by atoms with Gasteiger partial charge in [-0.25, -0.2) is 0 Å². The van der Waals surface area contributed by atoms with E-state index >= 15 is 0 Å². The topological polar surface area (TPSA) is 9.86 Å². The molecule has 176 valence electrons. The Morgan fingerprint density at radius 3 is 0.861 bits per heavy atom. The molecule has 6 heteroatoms. The second kappa shape index (κ2) is 8.75. The molecular formula is C30H22N2S4. The average Bonchev–Trinajstić information content (AvgIpc) is 3.70. The molecule has 6 aromatic heterocycles. The molecule has 0 saturated heterocycles. The van der Waals surface area contributed by atoms with Gasteiger partial charge in [-0.2, -0.15) is 0 Å². The van der Waals surface area contributed by atoms with E-state index in [9.17, 15) is 0 Å². The SMILES string of the molecule is Cn1c2ccc1-c1ccc(s1)/C=C\c1ccc(s1)-c1ccc(n1C)-c1ccc(s1)/C=C\c1ccc-2s1. The number of hydrogen-bond donors (Lipinski definition) is 0. The molecule has 0 amide bonds. The van der Waals surface area contributed by atoms with E-state index in [4.69, 9.17) is 0 Å². The van der Waals surface area contributed by atoms with Gasteiger partial charge in [-0.05, 0) is 97.1 Å². The fourth-order valence-corrected chi connectivity index (χ4v) is 8.55. The van der Waals surface area contributed by atoms with Gasteiger partial charge in [0.1, 0.15) is 0 Å². The molecule has 0 saturated carbocycles. The van der Waals surface area contributed by atoms with Gasteiger partial charge in [0.05, 0.1) is 42.3 Å². The van der Waals surface area contributed by atoms with Crippen molar-refractivity contribution in [3.63, 3.8) is 0 Å². The maximum Gasteiger partial charge on any atom is 0.0584 e. The van der Waals surface area contributed by atoms with Crippen LogP contribution in [0.1, 0.15) is 19.5 Å². The maximum absolute atomic E-state index is 2.31. The van der Waals surface area contributed by atoms with Gasteiger partial charge in [-0.1, -0.05) is 0 Å². The molecule has 1 aliphatic rings. The summed E-state index contributed by atoms with van der Waals surface area (Å²) in [6.07, 6.45) is 8.95. The highest BCUT2D eigenvalue weighted by Gasteiger charge is 2.14. The number of nitrogens with zero attached hydrogens (tertiary/aromatic N) is 2. The van der Waals surface area contributed by atoms with E-state index in [0.717, 1.165) is 0 Å². The van der Waals surface area contributed by atoms with Crippen molar-refractivity contribution in [2.75, 3.05) is 0 Å². The molecular weight excluding hydrogens is 517 g/mol. The monoisotopic (exact) mass is 538 g/mol. The van der Waals surface area contributed by atoms with Crippen molar-refractivity contribution >= 4 is 69.7 Å². The lowest BCUT2D eigenvalue weighted by atomic mass is 10.3. The summed E-state index contributed by atoms with van der Waals surface area (Å²) in [6, 6.07) is 26.8. The molecule has 2 nitrogen and oxygen atoms in total. The molecule has 0 spiro atoms. The normalized spacial score (nSPS) is 14.3. The van der Waals surface area contributed by atoms with Gasteiger partial charge in [0.25, 0.3) is 0 Å². The molecule has 7 heterocycles. The lowest BCUT2D eigenvalue weighted by Gasteiger charge is -2.05. The van der Waals surface area contributed by atoms with Crippen LogP contribution in [0, 0.1) is 0 Å². The van der Waals surface area contributed by atoms with Crippen molar-refractivity contribution in [3.8, 4) is 42.3 Å². The minimum atomic E-state index is 1.26. The molecule has 0 atom stereocenters. The van der Waals surface area contributed by atoms with Crippen LogP contribution in [0.25, 0.3) is 66.6 Å². The molecule has 1 aliphatic heterocycles. The summed E-state index contributed by atoms with van der Waals surface area (Å²) >= 11 is 7.35. The smallest absolute Gasteiger partial charge is 0.0584 e. The Kier molecular flexibility index (Phi) is 5.36. The fraction of sp³-hybridized carbons (Fsp3) is 0.0667. The zero-order valence-corrected chi connectivity index (χ0v) is 23.0. The molecule has 0 unspecified atom stereocenters. The third kappa shape index (κ3) is 3.82. The third-order valence-corrected chi connectivity index (χ3v) is 10.9. The molecule has 7 rings (SSSR count). The first-order valence-corrected chi connectivity index (χ1v) is 15.0. The Balaban J connectivity index is 1.35. The van der Waals surface area contributed by atoms with Crippen molar-refractivity contribution in [1.82, 2.24) is 9.13 Å². The molecule has 12 bridgehead atoms. The lowest BCUT2D eigenvalue weighted by Crippen LogP contribution is -1.91. The van der Waals surface area contributed by atoms with Crippen LogP contribution in [0.15, 0.2) is 72.8 Å². The summed E-state index contributed by atoms with van der Waals surface area (Å²) in [5.74, 6) is 0. The van der Waals surface area contributed by atoms with Crippen molar-refractivity contribution in [2.45, 2.75) is 0 Å². The highest BCUT2D eigenvalue weighted by Crippen LogP contribution is 2.38. The summed E-state index contributed by atoms with van der Waals surface area (Å²) in [5, 5.41) is 0. The summed E-state index contributed by atoms with van der Waals surface area (Å²) < 4.78 is 4.63. The fourth-order valence-electron chi connectivity index (χ4n) is 4.66. The van der Waals surface area contributed by atoms with Crippen molar-refractivity contribution in [3.05, 3.63) is 92.3 Å². The van der Waals surface area contributed by atoms with E-state index in [-0.39, 0.29) is 0 Å². The van der Waals surface area contributed by atoms with Gasteiger partial charge in [-0.15, -0.1) is 45.3 Å². The van der Waals surface area contributed by atoms with Gasteiger partial charge < -0.3 is 9.13 Å². The molecule has 0 radical (unpaired) electrons. The first-order chi connectivity index (χ1) is 17.6. The van der Waals surface area contributed by atoms with E-state index in [2.05, 4.69) is 120 Å². The second-order valence-corrected chi connectivity index (χ2v) is 13.3. The standard InChI is InChI=1S/C30H22N2S4/c1-31-23-11-12-24(31)28-16-8-20(34-28)4-6-22-10-18-30(36-22)26-14-13-25(32(26)2)29-17-9-21(35-29)5-3-19-7-15-27(23)33-19/h3-18H,1-2H3/b5-3-,6-4-,19-3?,20-4?,21-5?,22-6?,27-23?,28-24?,29-25?,30-26?.